The maximum absolute atomic E-state index is 13.9. The summed E-state index contributed by atoms with van der Waals surface area (Å²) in [4.78, 5) is 23.6. The maximum atomic E-state index is 13.9. The molecule has 2 heterocycles. The normalized spacial score (nSPS) is 16.2. The lowest BCUT2D eigenvalue weighted by atomic mass is 9.97. The summed E-state index contributed by atoms with van der Waals surface area (Å²) in [7, 11) is 0. The molecule has 0 radical (unpaired) electrons. The number of para-hydroxylation sites is 1. The zero-order valence-electron chi connectivity index (χ0n) is 16.6. The van der Waals surface area contributed by atoms with E-state index in [0.29, 0.717) is 30.5 Å². The number of carbonyl (C=O) groups is 1. The summed E-state index contributed by atoms with van der Waals surface area (Å²) in [5, 5.41) is 6.02. The van der Waals surface area contributed by atoms with Crippen molar-refractivity contribution in [1.82, 2.24) is 15.3 Å². The van der Waals surface area contributed by atoms with Crippen LogP contribution in [0.5, 0.6) is 0 Å². The highest BCUT2D eigenvalue weighted by Crippen LogP contribution is 2.23. The van der Waals surface area contributed by atoms with E-state index in [1.165, 1.54) is 6.07 Å². The van der Waals surface area contributed by atoms with Gasteiger partial charge >= 0.3 is 0 Å². The van der Waals surface area contributed by atoms with Crippen molar-refractivity contribution in [2.75, 3.05) is 23.3 Å². The Kier molecular flexibility index (Phi) is 6.17. The Morgan fingerprint density at radius 1 is 1.10 bits per heavy atom. The number of hydrogen-bond acceptors (Lipinski definition) is 5. The fourth-order valence-corrected chi connectivity index (χ4v) is 3.57. The predicted octanol–water partition coefficient (Wildman–Crippen LogP) is 3.89. The quantitative estimate of drug-likeness (QED) is 0.651. The van der Waals surface area contributed by atoms with Crippen molar-refractivity contribution in [3.05, 3.63) is 78.2 Å². The first kappa shape index (κ1) is 19.8. The van der Waals surface area contributed by atoms with Gasteiger partial charge in [-0.05, 0) is 36.6 Å². The molecule has 2 aromatic carbocycles. The number of hydrogen-bond donors (Lipinski definition) is 2. The zero-order chi connectivity index (χ0) is 20.8. The average Bonchev–Trinajstić information content (AvgIpc) is 2.80. The SMILES string of the molecule is O=C(NCc1ccccc1)C1CCCN(c2nccc(Nc3ccccc3F)n2)C1. The highest BCUT2D eigenvalue weighted by molar-refractivity contribution is 5.79. The van der Waals surface area contributed by atoms with Gasteiger partial charge in [-0.2, -0.15) is 4.98 Å². The Morgan fingerprint density at radius 3 is 2.73 bits per heavy atom. The van der Waals surface area contributed by atoms with Gasteiger partial charge in [-0.1, -0.05) is 42.5 Å². The second kappa shape index (κ2) is 9.35. The van der Waals surface area contributed by atoms with Crippen molar-refractivity contribution >= 4 is 23.4 Å². The molecule has 1 fully saturated rings. The number of aromatic nitrogens is 2. The Balaban J connectivity index is 1.39. The molecule has 1 aliphatic rings. The molecule has 1 aliphatic heterocycles. The van der Waals surface area contributed by atoms with Gasteiger partial charge in [0.15, 0.2) is 0 Å². The summed E-state index contributed by atoms with van der Waals surface area (Å²) < 4.78 is 13.9. The number of piperidine rings is 1. The van der Waals surface area contributed by atoms with Crippen LogP contribution in [0.3, 0.4) is 0 Å². The minimum absolute atomic E-state index is 0.0455. The van der Waals surface area contributed by atoms with E-state index in [1.54, 1.807) is 30.5 Å². The Labute approximate surface area is 175 Å². The molecule has 154 valence electrons. The maximum Gasteiger partial charge on any atom is 0.227 e. The second-order valence-corrected chi connectivity index (χ2v) is 7.34. The van der Waals surface area contributed by atoms with Crippen molar-refractivity contribution in [3.8, 4) is 0 Å². The van der Waals surface area contributed by atoms with Gasteiger partial charge in [0, 0.05) is 25.8 Å². The Bertz CT molecular complexity index is 998. The van der Waals surface area contributed by atoms with Gasteiger partial charge < -0.3 is 15.5 Å². The smallest absolute Gasteiger partial charge is 0.227 e. The third kappa shape index (κ3) is 4.92. The number of amides is 1. The zero-order valence-corrected chi connectivity index (χ0v) is 16.6. The van der Waals surface area contributed by atoms with Crippen molar-refractivity contribution < 1.29 is 9.18 Å². The van der Waals surface area contributed by atoms with Gasteiger partial charge in [0.2, 0.25) is 11.9 Å². The molecule has 2 N–H and O–H groups in total. The van der Waals surface area contributed by atoms with Crippen molar-refractivity contribution in [1.29, 1.82) is 0 Å². The van der Waals surface area contributed by atoms with Gasteiger partial charge in [0.05, 0.1) is 11.6 Å². The van der Waals surface area contributed by atoms with E-state index in [4.69, 9.17) is 0 Å². The van der Waals surface area contributed by atoms with E-state index in [-0.39, 0.29) is 17.6 Å². The van der Waals surface area contributed by atoms with Crippen LogP contribution < -0.4 is 15.5 Å². The van der Waals surface area contributed by atoms with Crippen molar-refractivity contribution in [2.24, 2.45) is 5.92 Å². The lowest BCUT2D eigenvalue weighted by Gasteiger charge is -2.32. The molecule has 0 saturated carbocycles. The number of halogens is 1. The molecule has 30 heavy (non-hydrogen) atoms. The largest absolute Gasteiger partial charge is 0.352 e. The summed E-state index contributed by atoms with van der Waals surface area (Å²) >= 11 is 0. The lowest BCUT2D eigenvalue weighted by Crippen LogP contribution is -2.43. The number of benzene rings is 2. The third-order valence-corrected chi connectivity index (χ3v) is 5.16. The van der Waals surface area contributed by atoms with Crippen LogP contribution in [0.2, 0.25) is 0 Å². The molecule has 1 amide bonds. The summed E-state index contributed by atoms with van der Waals surface area (Å²) in [6.07, 6.45) is 3.37. The summed E-state index contributed by atoms with van der Waals surface area (Å²) in [5.74, 6) is 0.641. The van der Waals surface area contributed by atoms with E-state index in [0.717, 1.165) is 24.9 Å². The van der Waals surface area contributed by atoms with Gasteiger partial charge in [-0.25, -0.2) is 9.37 Å². The average molecular weight is 405 g/mol. The fraction of sp³-hybridized carbons (Fsp3) is 0.261. The summed E-state index contributed by atoms with van der Waals surface area (Å²) in [5.41, 5.74) is 1.44. The third-order valence-electron chi connectivity index (χ3n) is 5.16. The van der Waals surface area contributed by atoms with Gasteiger partial charge in [-0.15, -0.1) is 0 Å². The number of rotatable bonds is 6. The first-order valence-electron chi connectivity index (χ1n) is 10.1. The van der Waals surface area contributed by atoms with E-state index in [1.807, 2.05) is 35.2 Å². The second-order valence-electron chi connectivity index (χ2n) is 7.34. The minimum Gasteiger partial charge on any atom is -0.352 e. The van der Waals surface area contributed by atoms with Crippen LogP contribution in [-0.4, -0.2) is 29.0 Å². The van der Waals surface area contributed by atoms with Crippen LogP contribution in [-0.2, 0) is 11.3 Å². The van der Waals surface area contributed by atoms with Gasteiger partial charge in [0.25, 0.3) is 0 Å². The molecule has 1 aromatic heterocycles. The van der Waals surface area contributed by atoms with E-state index >= 15 is 0 Å². The predicted molar refractivity (Wildman–Crippen MR) is 115 cm³/mol. The molecule has 6 nitrogen and oxygen atoms in total. The first-order valence-corrected chi connectivity index (χ1v) is 10.1. The first-order chi connectivity index (χ1) is 14.7. The van der Waals surface area contributed by atoms with E-state index in [9.17, 15) is 9.18 Å². The minimum atomic E-state index is -0.342. The van der Waals surface area contributed by atoms with Crippen LogP contribution in [0.15, 0.2) is 66.9 Å². The van der Waals surface area contributed by atoms with E-state index < -0.39 is 0 Å². The van der Waals surface area contributed by atoms with Crippen LogP contribution in [0.4, 0.5) is 21.8 Å². The molecule has 1 atom stereocenters. The van der Waals surface area contributed by atoms with Crippen molar-refractivity contribution in [2.45, 2.75) is 19.4 Å². The number of nitrogens with one attached hydrogen (secondary N) is 2. The molecule has 1 saturated heterocycles. The topological polar surface area (TPSA) is 70.2 Å². The summed E-state index contributed by atoms with van der Waals surface area (Å²) in [6, 6.07) is 18.0. The highest BCUT2D eigenvalue weighted by Gasteiger charge is 2.27. The van der Waals surface area contributed by atoms with Crippen LogP contribution in [0, 0.1) is 11.7 Å². The molecule has 0 aliphatic carbocycles. The molecule has 1 unspecified atom stereocenters. The fourth-order valence-electron chi connectivity index (χ4n) is 3.57. The lowest BCUT2D eigenvalue weighted by molar-refractivity contribution is -0.125. The molecule has 4 rings (SSSR count). The van der Waals surface area contributed by atoms with Gasteiger partial charge in [-0.3, -0.25) is 4.79 Å². The number of carbonyl (C=O) groups excluding carboxylic acids is 1. The standard InChI is InChI=1S/C23H24FN5O/c24-19-10-4-5-11-20(19)27-21-12-13-25-23(28-21)29-14-6-9-18(16-29)22(30)26-15-17-7-2-1-3-8-17/h1-5,7-8,10-13,18H,6,9,14-16H2,(H,26,30)(H,25,27,28). The van der Waals surface area contributed by atoms with Crippen LogP contribution in [0.25, 0.3) is 0 Å². The Hall–Kier alpha value is -3.48. The molecular weight excluding hydrogens is 381 g/mol. The monoisotopic (exact) mass is 405 g/mol. The van der Waals surface area contributed by atoms with Gasteiger partial charge in [0.1, 0.15) is 11.6 Å². The molecular formula is C23H24FN5O. The molecule has 0 spiro atoms. The highest BCUT2D eigenvalue weighted by atomic mass is 19.1. The van der Waals surface area contributed by atoms with Crippen LogP contribution in [0.1, 0.15) is 18.4 Å². The Morgan fingerprint density at radius 2 is 1.90 bits per heavy atom. The van der Waals surface area contributed by atoms with Crippen molar-refractivity contribution in [3.63, 3.8) is 0 Å². The number of nitrogens with zero attached hydrogens (tertiary/aromatic N) is 3. The molecule has 3 aromatic rings. The number of anilines is 3. The van der Waals surface area contributed by atoms with E-state index in [2.05, 4.69) is 20.6 Å². The molecule has 0 bridgehead atoms. The van der Waals surface area contributed by atoms with Crippen LogP contribution >= 0.6 is 0 Å². The summed E-state index contributed by atoms with van der Waals surface area (Å²) in [6.45, 7) is 1.87. The molecule has 7 heteroatoms.